The molecule has 0 aliphatic heterocycles. The van der Waals surface area contributed by atoms with Gasteiger partial charge in [0.1, 0.15) is 11.5 Å². The molecule has 0 atom stereocenters. The molecule has 0 bridgehead atoms. The van der Waals surface area contributed by atoms with Crippen LogP contribution in [-0.2, 0) is 31.9 Å². The van der Waals surface area contributed by atoms with Gasteiger partial charge in [-0.2, -0.15) is 5.11 Å². The molecule has 2 N–H and O–H groups in total. The fourth-order valence-electron chi connectivity index (χ4n) is 3.52. The Bertz CT molecular complexity index is 1750. The van der Waals surface area contributed by atoms with Gasteiger partial charge in [0.25, 0.3) is 0 Å². The average Bonchev–Trinajstić information content (AvgIpc) is 3.05. The van der Waals surface area contributed by atoms with E-state index in [1.54, 1.807) is 53.8 Å². The van der Waals surface area contributed by atoms with Crippen molar-refractivity contribution in [1.82, 2.24) is 14.5 Å². The predicted octanol–water partition coefficient (Wildman–Crippen LogP) is 2.92. The van der Waals surface area contributed by atoms with Crippen molar-refractivity contribution < 1.29 is 19.1 Å². The van der Waals surface area contributed by atoms with Crippen LogP contribution in [0.25, 0.3) is 0 Å². The summed E-state index contributed by atoms with van der Waals surface area (Å²) in [6.45, 7) is 4.82. The molecule has 0 aliphatic rings. The Morgan fingerprint density at radius 1 is 1.04 bits per heavy atom. The third-order valence-corrected chi connectivity index (χ3v) is 5.87. The first kappa shape index (κ1) is 33.7. The van der Waals surface area contributed by atoms with Crippen molar-refractivity contribution in [2.75, 3.05) is 20.8 Å². The van der Waals surface area contributed by atoms with Crippen molar-refractivity contribution in [2.24, 2.45) is 55.0 Å². The van der Waals surface area contributed by atoms with Crippen LogP contribution in [0.1, 0.15) is 5.56 Å². The Labute approximate surface area is 260 Å². The van der Waals surface area contributed by atoms with Gasteiger partial charge >= 0.3 is 5.82 Å². The highest BCUT2D eigenvalue weighted by Crippen LogP contribution is 2.09. The lowest BCUT2D eigenvalue weighted by molar-refractivity contribution is -0.658. The average molecular weight is 614 g/mol. The normalized spacial score (nSPS) is 13.3. The minimum atomic E-state index is 0.00515. The fourth-order valence-corrected chi connectivity index (χ4v) is 3.52. The first-order valence-electron chi connectivity index (χ1n) is 13.7. The summed E-state index contributed by atoms with van der Waals surface area (Å²) in [5.74, 6) is 1.83. The second kappa shape index (κ2) is 18.7. The molecular formula is C30H37N12O3+. The highest BCUT2D eigenvalue weighted by atomic mass is 16.5. The summed E-state index contributed by atoms with van der Waals surface area (Å²) in [4.78, 5) is 0. The van der Waals surface area contributed by atoms with Gasteiger partial charge in [-0.15, -0.1) is 25.5 Å². The number of ether oxygens (including phenoxy) is 2. The van der Waals surface area contributed by atoms with E-state index in [0.717, 1.165) is 5.56 Å². The lowest BCUT2D eigenvalue weighted by Gasteiger charge is -2.03. The van der Waals surface area contributed by atoms with Crippen LogP contribution < -0.4 is 25.6 Å². The highest BCUT2D eigenvalue weighted by molar-refractivity contribution is 5.54. The number of azo groups is 2. The van der Waals surface area contributed by atoms with Crippen molar-refractivity contribution in [2.45, 2.75) is 13.1 Å². The van der Waals surface area contributed by atoms with E-state index in [2.05, 4.69) is 52.8 Å². The van der Waals surface area contributed by atoms with E-state index in [9.17, 15) is 5.11 Å². The first-order valence-corrected chi connectivity index (χ1v) is 13.7. The molecule has 15 heteroatoms. The predicted molar refractivity (Wildman–Crippen MR) is 169 cm³/mol. The van der Waals surface area contributed by atoms with Gasteiger partial charge in [0.15, 0.2) is 23.7 Å². The van der Waals surface area contributed by atoms with Crippen molar-refractivity contribution in [3.63, 3.8) is 0 Å². The first-order chi connectivity index (χ1) is 21.9. The molecule has 0 spiro atoms. The zero-order valence-corrected chi connectivity index (χ0v) is 25.7. The lowest BCUT2D eigenvalue weighted by atomic mass is 10.2. The van der Waals surface area contributed by atoms with Gasteiger partial charge < -0.3 is 29.0 Å². The van der Waals surface area contributed by atoms with Crippen molar-refractivity contribution in [1.29, 1.82) is 0 Å². The Morgan fingerprint density at radius 3 is 2.62 bits per heavy atom. The monoisotopic (exact) mass is 613 g/mol. The van der Waals surface area contributed by atoms with Gasteiger partial charge in [-0.3, -0.25) is 0 Å². The Morgan fingerprint density at radius 2 is 1.84 bits per heavy atom. The van der Waals surface area contributed by atoms with E-state index >= 15 is 0 Å². The summed E-state index contributed by atoms with van der Waals surface area (Å²) in [5, 5.41) is 44.6. The number of aryl methyl sites for hydroxylation is 2. The van der Waals surface area contributed by atoms with Gasteiger partial charge in [-0.25, -0.2) is 4.57 Å². The zero-order valence-electron chi connectivity index (χ0n) is 25.7. The second-order valence-electron chi connectivity index (χ2n) is 9.06. The van der Waals surface area contributed by atoms with Crippen LogP contribution in [0.5, 0.6) is 5.75 Å². The Hall–Kier alpha value is -5.83. The van der Waals surface area contributed by atoms with E-state index in [1.165, 1.54) is 12.7 Å². The number of hydrogen-bond donors (Lipinski definition) is 2. The number of hydrogen-bond acceptors (Lipinski definition) is 10. The topological polar surface area (TPSA) is 163 Å². The van der Waals surface area contributed by atoms with Gasteiger partial charge in [0.2, 0.25) is 0 Å². The number of rotatable bonds is 15. The number of nitrogens with zero attached hydrogens (tertiary/aromatic N) is 11. The molecule has 3 rings (SSSR count). The Balaban J connectivity index is 1.53. The van der Waals surface area contributed by atoms with E-state index in [1.807, 2.05) is 67.6 Å². The second-order valence-corrected chi connectivity index (χ2v) is 9.06. The summed E-state index contributed by atoms with van der Waals surface area (Å²) < 4.78 is 16.0. The van der Waals surface area contributed by atoms with Gasteiger partial charge in [-0.1, -0.05) is 12.6 Å². The number of aromatic nitrogens is 3. The van der Waals surface area contributed by atoms with Crippen molar-refractivity contribution in [3.05, 3.63) is 114 Å². The maximum Gasteiger partial charge on any atom is 0.350 e. The lowest BCUT2D eigenvalue weighted by Crippen LogP contribution is -2.27. The summed E-state index contributed by atoms with van der Waals surface area (Å²) in [6, 6.07) is 12.9. The standard InChI is InChI=1S/C30H37N12O3/c1-24(36-32-22-34-39-30-20-27(45-5)11-15-41(30)3)18-26(44-4)9-12-31-21-25-10-14-40(2)29(19-25)38-35-23-33-37-28-8-6-7-13-42(28)16-17-43/h6-15,18-20,22-23,31,43H,1,16-17,21H2,2-5H3/q+1/b12-9-,26-18+,34-22+,36-32+,39-30+. The number of allylic oxidation sites excluding steroid dienone is 2. The molecular weight excluding hydrogens is 576 g/mol. The third kappa shape index (κ3) is 11.8. The van der Waals surface area contributed by atoms with Crippen LogP contribution in [-0.4, -0.2) is 47.7 Å². The quantitative estimate of drug-likeness (QED) is 0.0513. The molecule has 0 saturated carbocycles. The molecule has 0 unspecified atom stereocenters. The molecule has 45 heavy (non-hydrogen) atoms. The molecule has 0 aliphatic carbocycles. The van der Waals surface area contributed by atoms with Crippen LogP contribution in [0.2, 0.25) is 0 Å². The van der Waals surface area contributed by atoms with Gasteiger partial charge in [0.05, 0.1) is 44.9 Å². The largest absolute Gasteiger partial charge is 0.497 e. The molecule has 0 fully saturated rings. The number of pyridine rings is 3. The molecule has 0 amide bonds. The van der Waals surface area contributed by atoms with Crippen molar-refractivity contribution >= 4 is 18.5 Å². The minimum absolute atomic E-state index is 0.00515. The zero-order chi connectivity index (χ0) is 32.3. The number of nitrogens with one attached hydrogen (secondary N) is 1. The fraction of sp³-hybridized carbons (Fsp3) is 0.233. The molecule has 0 aromatic carbocycles. The number of aliphatic hydroxyl groups excluding tert-OH is 1. The summed E-state index contributed by atoms with van der Waals surface area (Å²) in [6.07, 6.45) is 13.1. The molecule has 234 valence electrons. The maximum atomic E-state index is 9.17. The molecule has 15 nitrogen and oxygen atoms in total. The SMILES string of the molecule is C=C(/C=C(\C=C/NCc1cc[n+](C)c(/N=N/C=N/N=c2\ccccn2CCO)c1)OC)/N=N/C=N/N=c1\cc(OC)ccn1C. The summed E-state index contributed by atoms with van der Waals surface area (Å²) in [5.41, 5.74) is 2.54. The third-order valence-electron chi connectivity index (χ3n) is 5.87. The maximum absolute atomic E-state index is 9.17. The number of methoxy groups -OCH3 is 2. The molecule has 3 aromatic rings. The summed E-state index contributed by atoms with van der Waals surface area (Å²) >= 11 is 0. The molecule has 0 saturated heterocycles. The molecule has 3 aromatic heterocycles. The van der Waals surface area contributed by atoms with E-state index in [0.29, 0.717) is 47.1 Å². The van der Waals surface area contributed by atoms with Gasteiger partial charge in [-0.05, 0) is 41.0 Å². The van der Waals surface area contributed by atoms with E-state index < -0.39 is 0 Å². The van der Waals surface area contributed by atoms with Crippen LogP contribution in [0, 0.1) is 0 Å². The molecule has 3 heterocycles. The number of aliphatic hydroxyl groups is 1. The van der Waals surface area contributed by atoms with E-state index in [4.69, 9.17) is 9.47 Å². The smallest absolute Gasteiger partial charge is 0.350 e. The van der Waals surface area contributed by atoms with Crippen LogP contribution in [0.15, 0.2) is 138 Å². The minimum Gasteiger partial charge on any atom is -0.497 e. The highest BCUT2D eigenvalue weighted by Gasteiger charge is 2.07. The van der Waals surface area contributed by atoms with Crippen molar-refractivity contribution in [3.8, 4) is 5.75 Å². The van der Waals surface area contributed by atoms with Crippen LogP contribution in [0.3, 0.4) is 0 Å². The molecule has 0 radical (unpaired) electrons. The van der Waals surface area contributed by atoms with Crippen LogP contribution in [0.4, 0.5) is 5.82 Å². The van der Waals surface area contributed by atoms with Crippen LogP contribution >= 0.6 is 0 Å². The summed E-state index contributed by atoms with van der Waals surface area (Å²) in [7, 11) is 6.85. The Kier molecular flexibility index (Phi) is 14.0. The van der Waals surface area contributed by atoms with E-state index in [-0.39, 0.29) is 6.61 Å². The van der Waals surface area contributed by atoms with Gasteiger partial charge in [0, 0.05) is 56.9 Å².